The minimum atomic E-state index is 0.858. The van der Waals surface area contributed by atoms with E-state index in [1.54, 1.807) is 0 Å². The van der Waals surface area contributed by atoms with Crippen LogP contribution in [0.3, 0.4) is 0 Å². The SMILES string of the molecule is Nc1ccc(SCC2CCCCC2)cc1. The first-order valence-electron chi connectivity index (χ1n) is 5.83. The van der Waals surface area contributed by atoms with Crippen LogP contribution in [-0.4, -0.2) is 5.75 Å². The van der Waals surface area contributed by atoms with Crippen LogP contribution in [-0.2, 0) is 0 Å². The van der Waals surface area contributed by atoms with Crippen LogP contribution in [0.25, 0.3) is 0 Å². The molecule has 2 rings (SSSR count). The predicted molar refractivity (Wildman–Crippen MR) is 68.2 cm³/mol. The molecule has 0 aromatic heterocycles. The Morgan fingerprint density at radius 3 is 2.40 bits per heavy atom. The maximum absolute atomic E-state index is 5.66. The summed E-state index contributed by atoms with van der Waals surface area (Å²) in [7, 11) is 0. The zero-order valence-electron chi connectivity index (χ0n) is 9.11. The number of thioether (sulfide) groups is 1. The van der Waals surface area contributed by atoms with E-state index in [4.69, 9.17) is 5.73 Å². The van der Waals surface area contributed by atoms with Crippen LogP contribution >= 0.6 is 11.8 Å². The summed E-state index contributed by atoms with van der Waals surface area (Å²) in [6.07, 6.45) is 7.19. The molecule has 0 spiro atoms. The van der Waals surface area contributed by atoms with E-state index >= 15 is 0 Å². The Morgan fingerprint density at radius 2 is 1.73 bits per heavy atom. The van der Waals surface area contributed by atoms with Gasteiger partial charge in [-0.3, -0.25) is 0 Å². The second-order valence-electron chi connectivity index (χ2n) is 4.38. The third-order valence-corrected chi connectivity index (χ3v) is 4.33. The molecule has 0 heterocycles. The zero-order chi connectivity index (χ0) is 10.5. The van der Waals surface area contributed by atoms with Gasteiger partial charge in [0.25, 0.3) is 0 Å². The summed E-state index contributed by atoms with van der Waals surface area (Å²) in [6, 6.07) is 8.23. The summed E-state index contributed by atoms with van der Waals surface area (Å²) in [6.45, 7) is 0. The van der Waals surface area contributed by atoms with Crippen molar-refractivity contribution >= 4 is 17.4 Å². The van der Waals surface area contributed by atoms with Gasteiger partial charge in [0.15, 0.2) is 0 Å². The average molecular weight is 221 g/mol. The summed E-state index contributed by atoms with van der Waals surface area (Å²) in [5, 5.41) is 0. The highest BCUT2D eigenvalue weighted by atomic mass is 32.2. The number of benzene rings is 1. The summed E-state index contributed by atoms with van der Waals surface area (Å²) in [5.74, 6) is 2.23. The molecule has 0 radical (unpaired) electrons. The molecule has 1 aromatic carbocycles. The molecule has 82 valence electrons. The third-order valence-electron chi connectivity index (χ3n) is 3.09. The molecule has 0 atom stereocenters. The van der Waals surface area contributed by atoms with Gasteiger partial charge in [-0.2, -0.15) is 0 Å². The smallest absolute Gasteiger partial charge is 0.0314 e. The molecule has 1 nitrogen and oxygen atoms in total. The molecule has 1 aromatic rings. The van der Waals surface area contributed by atoms with E-state index in [1.165, 1.54) is 42.8 Å². The second kappa shape index (κ2) is 5.45. The highest BCUT2D eigenvalue weighted by Gasteiger charge is 2.13. The van der Waals surface area contributed by atoms with Gasteiger partial charge < -0.3 is 5.73 Å². The van der Waals surface area contributed by atoms with Crippen LogP contribution in [0, 0.1) is 5.92 Å². The summed E-state index contributed by atoms with van der Waals surface area (Å²) >= 11 is 1.98. The Balaban J connectivity index is 1.79. The van der Waals surface area contributed by atoms with Crippen LogP contribution in [0.5, 0.6) is 0 Å². The maximum Gasteiger partial charge on any atom is 0.0314 e. The largest absolute Gasteiger partial charge is 0.399 e. The molecule has 0 bridgehead atoms. The van der Waals surface area contributed by atoms with E-state index in [0.717, 1.165) is 11.6 Å². The van der Waals surface area contributed by atoms with Gasteiger partial charge >= 0.3 is 0 Å². The fraction of sp³-hybridized carbons (Fsp3) is 0.538. The first kappa shape index (κ1) is 10.9. The molecule has 2 heteroatoms. The summed E-state index contributed by atoms with van der Waals surface area (Å²) in [4.78, 5) is 1.36. The van der Waals surface area contributed by atoms with Gasteiger partial charge in [-0.05, 0) is 43.0 Å². The van der Waals surface area contributed by atoms with Gasteiger partial charge in [-0.15, -0.1) is 11.8 Å². The van der Waals surface area contributed by atoms with Crippen molar-refractivity contribution < 1.29 is 0 Å². The standard InChI is InChI=1S/C13H19NS/c14-12-6-8-13(9-7-12)15-10-11-4-2-1-3-5-11/h6-9,11H,1-5,10,14H2. The van der Waals surface area contributed by atoms with Crippen molar-refractivity contribution in [2.45, 2.75) is 37.0 Å². The molecule has 1 aliphatic rings. The van der Waals surface area contributed by atoms with E-state index in [2.05, 4.69) is 12.1 Å². The molecule has 0 saturated heterocycles. The molecular formula is C13H19NS. The van der Waals surface area contributed by atoms with Crippen LogP contribution < -0.4 is 5.73 Å². The third kappa shape index (κ3) is 3.45. The number of hydrogen-bond acceptors (Lipinski definition) is 2. The minimum absolute atomic E-state index is 0.858. The Hall–Kier alpha value is -0.630. The van der Waals surface area contributed by atoms with E-state index < -0.39 is 0 Å². The fourth-order valence-corrected chi connectivity index (χ4v) is 3.22. The number of hydrogen-bond donors (Lipinski definition) is 1. The number of nitrogens with two attached hydrogens (primary N) is 1. The van der Waals surface area contributed by atoms with Crippen molar-refractivity contribution in [1.82, 2.24) is 0 Å². The van der Waals surface area contributed by atoms with Gasteiger partial charge in [0.2, 0.25) is 0 Å². The van der Waals surface area contributed by atoms with Crippen molar-refractivity contribution in [3.05, 3.63) is 24.3 Å². The van der Waals surface area contributed by atoms with Crippen LogP contribution in [0.2, 0.25) is 0 Å². The average Bonchev–Trinajstić information content (AvgIpc) is 2.30. The van der Waals surface area contributed by atoms with E-state index in [9.17, 15) is 0 Å². The molecule has 15 heavy (non-hydrogen) atoms. The lowest BCUT2D eigenvalue weighted by atomic mass is 9.91. The second-order valence-corrected chi connectivity index (χ2v) is 5.48. The monoisotopic (exact) mass is 221 g/mol. The lowest BCUT2D eigenvalue weighted by Crippen LogP contribution is -2.08. The lowest BCUT2D eigenvalue weighted by Gasteiger charge is -2.20. The normalized spacial score (nSPS) is 17.9. The van der Waals surface area contributed by atoms with Crippen molar-refractivity contribution in [2.24, 2.45) is 5.92 Å². The first-order valence-corrected chi connectivity index (χ1v) is 6.81. The number of nitrogen functional groups attached to an aromatic ring is 1. The van der Waals surface area contributed by atoms with E-state index in [0.29, 0.717) is 0 Å². The van der Waals surface area contributed by atoms with Crippen LogP contribution in [0.15, 0.2) is 29.2 Å². The molecule has 0 unspecified atom stereocenters. The van der Waals surface area contributed by atoms with E-state index in [1.807, 2.05) is 23.9 Å². The topological polar surface area (TPSA) is 26.0 Å². The van der Waals surface area contributed by atoms with Crippen LogP contribution in [0.1, 0.15) is 32.1 Å². The Bertz CT molecular complexity index is 288. The minimum Gasteiger partial charge on any atom is -0.399 e. The zero-order valence-corrected chi connectivity index (χ0v) is 9.93. The number of anilines is 1. The summed E-state index contributed by atoms with van der Waals surface area (Å²) in [5.41, 5.74) is 6.51. The Morgan fingerprint density at radius 1 is 1.07 bits per heavy atom. The van der Waals surface area contributed by atoms with Gasteiger partial charge in [-0.1, -0.05) is 19.3 Å². The van der Waals surface area contributed by atoms with Crippen molar-refractivity contribution in [1.29, 1.82) is 0 Å². The van der Waals surface area contributed by atoms with Crippen molar-refractivity contribution in [2.75, 3.05) is 11.5 Å². The molecule has 0 amide bonds. The van der Waals surface area contributed by atoms with Gasteiger partial charge in [-0.25, -0.2) is 0 Å². The Kier molecular flexibility index (Phi) is 3.95. The molecule has 1 aliphatic carbocycles. The van der Waals surface area contributed by atoms with Gasteiger partial charge in [0, 0.05) is 16.3 Å². The molecule has 2 N–H and O–H groups in total. The molecule has 1 fully saturated rings. The first-order chi connectivity index (χ1) is 7.34. The lowest BCUT2D eigenvalue weighted by molar-refractivity contribution is 0.391. The van der Waals surface area contributed by atoms with Crippen molar-refractivity contribution in [3.63, 3.8) is 0 Å². The fourth-order valence-electron chi connectivity index (χ4n) is 2.13. The predicted octanol–water partition coefficient (Wildman–Crippen LogP) is 3.94. The van der Waals surface area contributed by atoms with Gasteiger partial charge in [0.1, 0.15) is 0 Å². The highest BCUT2D eigenvalue weighted by Crippen LogP contribution is 2.30. The van der Waals surface area contributed by atoms with Crippen molar-refractivity contribution in [3.8, 4) is 0 Å². The maximum atomic E-state index is 5.66. The number of rotatable bonds is 3. The molecule has 1 saturated carbocycles. The highest BCUT2D eigenvalue weighted by molar-refractivity contribution is 7.99. The quantitative estimate of drug-likeness (QED) is 0.618. The van der Waals surface area contributed by atoms with Crippen LogP contribution in [0.4, 0.5) is 5.69 Å². The van der Waals surface area contributed by atoms with Gasteiger partial charge in [0.05, 0.1) is 0 Å². The molecule has 0 aliphatic heterocycles. The van der Waals surface area contributed by atoms with E-state index in [-0.39, 0.29) is 0 Å². The molecular weight excluding hydrogens is 202 g/mol. The Labute approximate surface area is 96.4 Å². The summed E-state index contributed by atoms with van der Waals surface area (Å²) < 4.78 is 0.